The van der Waals surface area contributed by atoms with Crippen LogP contribution in [-0.4, -0.2) is 60.4 Å². The normalized spacial score (nSPS) is 17.5. The molecule has 3 heterocycles. The molecule has 2 fully saturated rings. The van der Waals surface area contributed by atoms with Gasteiger partial charge in [-0.3, -0.25) is 0 Å². The van der Waals surface area contributed by atoms with Gasteiger partial charge < -0.3 is 20.0 Å². The number of aryl methyl sites for hydroxylation is 1. The van der Waals surface area contributed by atoms with Gasteiger partial charge in [-0.05, 0) is 49.9 Å². The number of rotatable bonds is 3. The Morgan fingerprint density at radius 1 is 0.821 bits per heavy atom. The number of benzene rings is 1. The van der Waals surface area contributed by atoms with Gasteiger partial charge in [0.2, 0.25) is 0 Å². The number of carbonyl (C=O) groups excluding carboxylic acids is 1. The predicted octanol–water partition coefficient (Wildman–Crippen LogP) is 3.13. The van der Waals surface area contributed by atoms with E-state index in [1.807, 2.05) is 36.1 Å². The van der Waals surface area contributed by atoms with Crippen molar-refractivity contribution in [3.05, 3.63) is 42.0 Å². The number of piperidine rings is 1. The number of aromatic nitrogens is 2. The summed E-state index contributed by atoms with van der Waals surface area (Å²) in [6, 6.07) is 11.9. The molecule has 7 nitrogen and oxygen atoms in total. The lowest BCUT2D eigenvalue weighted by Crippen LogP contribution is -2.50. The fourth-order valence-corrected chi connectivity index (χ4v) is 3.82. The number of nitrogens with zero attached hydrogens (tertiary/aromatic N) is 5. The monoisotopic (exact) mass is 380 g/mol. The Labute approximate surface area is 166 Å². The third-order valence-corrected chi connectivity index (χ3v) is 5.59. The van der Waals surface area contributed by atoms with Gasteiger partial charge >= 0.3 is 6.03 Å². The standard InChI is InChI=1S/C21H28N6O/c1-17-7-3-4-8-18(17)22-21(28)27-15-13-26(14-16-27)20-10-9-19(23-24-20)25-11-5-2-6-12-25/h3-4,7-10H,2,5-6,11-16H2,1H3,(H,22,28). The third kappa shape index (κ3) is 4.18. The van der Waals surface area contributed by atoms with Crippen LogP contribution in [0, 0.1) is 6.92 Å². The zero-order valence-electron chi connectivity index (χ0n) is 16.5. The van der Waals surface area contributed by atoms with E-state index in [4.69, 9.17) is 0 Å². The molecule has 4 rings (SSSR count). The maximum atomic E-state index is 12.5. The highest BCUT2D eigenvalue weighted by atomic mass is 16.2. The van der Waals surface area contributed by atoms with Crippen LogP contribution in [0.25, 0.3) is 0 Å². The molecule has 2 amide bonds. The number of piperazine rings is 1. The zero-order valence-corrected chi connectivity index (χ0v) is 16.5. The van der Waals surface area contributed by atoms with Crippen molar-refractivity contribution < 1.29 is 4.79 Å². The number of para-hydroxylation sites is 1. The van der Waals surface area contributed by atoms with Crippen LogP contribution >= 0.6 is 0 Å². The molecule has 1 N–H and O–H groups in total. The number of carbonyl (C=O) groups is 1. The molecule has 0 unspecified atom stereocenters. The third-order valence-electron chi connectivity index (χ3n) is 5.59. The van der Waals surface area contributed by atoms with Gasteiger partial charge in [0.15, 0.2) is 11.6 Å². The number of hydrogen-bond donors (Lipinski definition) is 1. The topological polar surface area (TPSA) is 64.6 Å². The Morgan fingerprint density at radius 3 is 2.04 bits per heavy atom. The van der Waals surface area contributed by atoms with Crippen LogP contribution in [0.3, 0.4) is 0 Å². The molecule has 2 aliphatic rings. The summed E-state index contributed by atoms with van der Waals surface area (Å²) >= 11 is 0. The van der Waals surface area contributed by atoms with Crippen molar-refractivity contribution in [1.29, 1.82) is 0 Å². The molecule has 0 spiro atoms. The molecular weight excluding hydrogens is 352 g/mol. The molecule has 0 bridgehead atoms. The van der Waals surface area contributed by atoms with Gasteiger partial charge in [0.1, 0.15) is 0 Å². The second-order valence-corrected chi connectivity index (χ2v) is 7.52. The summed E-state index contributed by atoms with van der Waals surface area (Å²) < 4.78 is 0. The Hall–Kier alpha value is -2.83. The van der Waals surface area contributed by atoms with Crippen molar-refractivity contribution >= 4 is 23.4 Å². The number of amides is 2. The van der Waals surface area contributed by atoms with Crippen LogP contribution < -0.4 is 15.1 Å². The smallest absolute Gasteiger partial charge is 0.321 e. The molecule has 1 aromatic heterocycles. The van der Waals surface area contributed by atoms with E-state index >= 15 is 0 Å². The first kappa shape index (κ1) is 18.5. The molecule has 148 valence electrons. The predicted molar refractivity (Wildman–Crippen MR) is 112 cm³/mol. The SMILES string of the molecule is Cc1ccccc1NC(=O)N1CCN(c2ccc(N3CCCCC3)nn2)CC1. The van der Waals surface area contributed by atoms with Gasteiger partial charge in [0, 0.05) is 45.0 Å². The fourth-order valence-electron chi connectivity index (χ4n) is 3.82. The van der Waals surface area contributed by atoms with E-state index in [1.165, 1.54) is 19.3 Å². The van der Waals surface area contributed by atoms with Crippen LogP contribution in [0.5, 0.6) is 0 Å². The molecule has 7 heteroatoms. The first-order chi connectivity index (χ1) is 13.7. The van der Waals surface area contributed by atoms with E-state index in [0.717, 1.165) is 49.1 Å². The highest BCUT2D eigenvalue weighted by molar-refractivity contribution is 5.90. The van der Waals surface area contributed by atoms with Gasteiger partial charge in [-0.25, -0.2) is 4.79 Å². The van der Waals surface area contributed by atoms with E-state index in [9.17, 15) is 4.79 Å². The molecule has 28 heavy (non-hydrogen) atoms. The van der Waals surface area contributed by atoms with Crippen molar-refractivity contribution in [3.8, 4) is 0 Å². The minimum absolute atomic E-state index is 0.0412. The summed E-state index contributed by atoms with van der Waals surface area (Å²) in [6.45, 7) is 7.02. The van der Waals surface area contributed by atoms with Crippen LogP contribution in [0.1, 0.15) is 24.8 Å². The quantitative estimate of drug-likeness (QED) is 0.886. The molecule has 0 saturated carbocycles. The molecule has 2 saturated heterocycles. The van der Waals surface area contributed by atoms with Crippen molar-refractivity contribution in [2.45, 2.75) is 26.2 Å². The lowest BCUT2D eigenvalue weighted by molar-refractivity contribution is 0.208. The molecule has 0 aliphatic carbocycles. The van der Waals surface area contributed by atoms with Crippen molar-refractivity contribution in [3.63, 3.8) is 0 Å². The van der Waals surface area contributed by atoms with E-state index in [0.29, 0.717) is 13.1 Å². The highest BCUT2D eigenvalue weighted by Gasteiger charge is 2.23. The summed E-state index contributed by atoms with van der Waals surface area (Å²) in [5.41, 5.74) is 1.94. The average molecular weight is 380 g/mol. The highest BCUT2D eigenvalue weighted by Crippen LogP contribution is 2.20. The van der Waals surface area contributed by atoms with Gasteiger partial charge in [-0.15, -0.1) is 10.2 Å². The van der Waals surface area contributed by atoms with Crippen LogP contribution in [0.2, 0.25) is 0 Å². The van der Waals surface area contributed by atoms with Gasteiger partial charge in [0.05, 0.1) is 0 Å². The van der Waals surface area contributed by atoms with Gasteiger partial charge in [-0.2, -0.15) is 0 Å². The zero-order chi connectivity index (χ0) is 19.3. The second-order valence-electron chi connectivity index (χ2n) is 7.52. The first-order valence-corrected chi connectivity index (χ1v) is 10.2. The average Bonchev–Trinajstić information content (AvgIpc) is 2.76. The Kier molecular flexibility index (Phi) is 5.60. The fraction of sp³-hybridized carbons (Fsp3) is 0.476. The first-order valence-electron chi connectivity index (χ1n) is 10.2. The Bertz CT molecular complexity index is 795. The number of nitrogens with one attached hydrogen (secondary N) is 1. The van der Waals surface area contributed by atoms with Crippen molar-refractivity contribution in [2.24, 2.45) is 0 Å². The van der Waals surface area contributed by atoms with E-state index in [1.54, 1.807) is 0 Å². The van der Waals surface area contributed by atoms with Crippen molar-refractivity contribution in [1.82, 2.24) is 15.1 Å². The Balaban J connectivity index is 1.31. The lowest BCUT2D eigenvalue weighted by Gasteiger charge is -2.35. The second kappa shape index (κ2) is 8.46. The largest absolute Gasteiger partial charge is 0.355 e. The number of urea groups is 1. The van der Waals surface area contributed by atoms with E-state index in [-0.39, 0.29) is 6.03 Å². The van der Waals surface area contributed by atoms with Gasteiger partial charge in [0.25, 0.3) is 0 Å². The molecule has 2 aliphatic heterocycles. The summed E-state index contributed by atoms with van der Waals surface area (Å²) in [5.74, 6) is 1.86. The molecule has 0 atom stereocenters. The number of hydrogen-bond acceptors (Lipinski definition) is 5. The molecule has 0 radical (unpaired) electrons. The molecule has 2 aromatic rings. The minimum Gasteiger partial charge on any atom is -0.355 e. The van der Waals surface area contributed by atoms with Gasteiger partial charge in [-0.1, -0.05) is 18.2 Å². The van der Waals surface area contributed by atoms with Crippen LogP contribution in [-0.2, 0) is 0 Å². The van der Waals surface area contributed by atoms with E-state index in [2.05, 4.69) is 37.4 Å². The molecule has 1 aromatic carbocycles. The maximum absolute atomic E-state index is 12.5. The van der Waals surface area contributed by atoms with Crippen molar-refractivity contribution in [2.75, 3.05) is 54.4 Å². The minimum atomic E-state index is -0.0412. The molecular formula is C21H28N6O. The summed E-state index contributed by atoms with van der Waals surface area (Å²) in [5, 5.41) is 11.9. The Morgan fingerprint density at radius 2 is 1.43 bits per heavy atom. The van der Waals surface area contributed by atoms with Crippen LogP contribution in [0.15, 0.2) is 36.4 Å². The lowest BCUT2D eigenvalue weighted by atomic mass is 10.1. The summed E-state index contributed by atoms with van der Waals surface area (Å²) in [6.07, 6.45) is 3.77. The summed E-state index contributed by atoms with van der Waals surface area (Å²) in [4.78, 5) is 18.9. The summed E-state index contributed by atoms with van der Waals surface area (Å²) in [7, 11) is 0. The van der Waals surface area contributed by atoms with E-state index < -0.39 is 0 Å². The van der Waals surface area contributed by atoms with Crippen LogP contribution in [0.4, 0.5) is 22.1 Å². The number of anilines is 3. The maximum Gasteiger partial charge on any atom is 0.321 e.